The predicted octanol–water partition coefficient (Wildman–Crippen LogP) is 3.35. The van der Waals surface area contributed by atoms with Crippen LogP contribution in [0.25, 0.3) is 0 Å². The molecule has 1 atom stereocenters. The van der Waals surface area contributed by atoms with Crippen LogP contribution in [0, 0.1) is 0 Å². The molecule has 1 fully saturated rings. The molecule has 0 saturated carbocycles. The van der Waals surface area contributed by atoms with Gasteiger partial charge in [-0.2, -0.15) is 0 Å². The molecule has 3 nitrogen and oxygen atoms in total. The van der Waals surface area contributed by atoms with Crippen molar-refractivity contribution in [3.8, 4) is 5.75 Å². The van der Waals surface area contributed by atoms with E-state index in [2.05, 4.69) is 40.0 Å². The van der Waals surface area contributed by atoms with Crippen LogP contribution in [0.5, 0.6) is 5.75 Å². The summed E-state index contributed by atoms with van der Waals surface area (Å²) in [6, 6.07) is 7.18. The third kappa shape index (κ3) is 3.18. The number of hydrogen-bond acceptors (Lipinski definition) is 3. The molecule has 1 aliphatic heterocycles. The molecule has 0 bridgehead atoms. The maximum atomic E-state index is 5.26. The Morgan fingerprint density at radius 2 is 2.22 bits per heavy atom. The zero-order valence-electron chi connectivity index (χ0n) is 11.2. The fourth-order valence-electron chi connectivity index (χ4n) is 2.34. The first-order valence-electron chi connectivity index (χ1n) is 6.44. The zero-order valence-corrected chi connectivity index (χ0v) is 12.8. The van der Waals surface area contributed by atoms with Gasteiger partial charge in [-0.15, -0.1) is 0 Å². The van der Waals surface area contributed by atoms with Crippen molar-refractivity contribution in [2.24, 2.45) is 0 Å². The summed E-state index contributed by atoms with van der Waals surface area (Å²) in [4.78, 5) is 2.51. The fourth-order valence-corrected chi connectivity index (χ4v) is 2.70. The van der Waals surface area contributed by atoms with Crippen molar-refractivity contribution in [3.63, 3.8) is 0 Å². The third-order valence-electron chi connectivity index (χ3n) is 3.48. The van der Waals surface area contributed by atoms with Gasteiger partial charge in [-0.3, -0.25) is 4.90 Å². The van der Waals surface area contributed by atoms with E-state index in [1.165, 1.54) is 13.0 Å². The molecule has 100 valence electrons. The standard InChI is InChI=1S/C14H21BrN2O/c1-10(2)17-7-6-11(9-17)16-14-8-12(18-3)4-5-13(14)15/h4-5,8,10-11,16H,6-7,9H2,1-3H3. The quantitative estimate of drug-likeness (QED) is 0.922. The Bertz CT molecular complexity index is 409. The van der Waals surface area contributed by atoms with Crippen molar-refractivity contribution in [3.05, 3.63) is 22.7 Å². The Morgan fingerprint density at radius 1 is 1.44 bits per heavy atom. The van der Waals surface area contributed by atoms with Crippen molar-refractivity contribution >= 4 is 21.6 Å². The Kier molecular flexibility index (Phi) is 4.51. The minimum atomic E-state index is 0.524. The molecule has 1 heterocycles. The van der Waals surface area contributed by atoms with Crippen LogP contribution in [0.2, 0.25) is 0 Å². The molecule has 0 amide bonds. The SMILES string of the molecule is COc1ccc(Br)c(NC2CCN(C(C)C)C2)c1. The molecule has 1 N–H and O–H groups in total. The van der Waals surface area contributed by atoms with E-state index in [1.807, 2.05) is 18.2 Å². The predicted molar refractivity (Wildman–Crippen MR) is 79.4 cm³/mol. The van der Waals surface area contributed by atoms with Gasteiger partial charge in [0.25, 0.3) is 0 Å². The summed E-state index contributed by atoms with van der Waals surface area (Å²) in [7, 11) is 1.70. The highest BCUT2D eigenvalue weighted by Crippen LogP contribution is 2.29. The van der Waals surface area contributed by atoms with Gasteiger partial charge in [0, 0.05) is 35.7 Å². The van der Waals surface area contributed by atoms with Crippen LogP contribution in [-0.2, 0) is 0 Å². The average molecular weight is 313 g/mol. The van der Waals surface area contributed by atoms with Crippen LogP contribution in [0.1, 0.15) is 20.3 Å². The molecule has 1 aromatic rings. The molecule has 0 spiro atoms. The summed E-state index contributed by atoms with van der Waals surface area (Å²) in [5.74, 6) is 0.888. The second-order valence-electron chi connectivity index (χ2n) is 5.06. The normalized spacial score (nSPS) is 20.4. The topological polar surface area (TPSA) is 24.5 Å². The highest BCUT2D eigenvalue weighted by Gasteiger charge is 2.24. The van der Waals surface area contributed by atoms with Crippen molar-refractivity contribution in [2.75, 3.05) is 25.5 Å². The lowest BCUT2D eigenvalue weighted by atomic mass is 10.2. The second kappa shape index (κ2) is 5.93. The molecule has 2 rings (SSSR count). The molecule has 1 aromatic carbocycles. The van der Waals surface area contributed by atoms with Gasteiger partial charge in [-0.1, -0.05) is 0 Å². The van der Waals surface area contributed by atoms with E-state index in [1.54, 1.807) is 7.11 Å². The number of halogens is 1. The molecule has 0 radical (unpaired) electrons. The molecule has 18 heavy (non-hydrogen) atoms. The molecule has 1 unspecified atom stereocenters. The number of benzene rings is 1. The summed E-state index contributed by atoms with van der Waals surface area (Å²) in [6.45, 7) is 6.80. The van der Waals surface area contributed by atoms with Gasteiger partial charge in [0.05, 0.1) is 12.8 Å². The summed E-state index contributed by atoms with van der Waals surface area (Å²) in [6.07, 6.45) is 1.20. The molecule has 1 aliphatic rings. The first-order valence-corrected chi connectivity index (χ1v) is 7.23. The summed E-state index contributed by atoms with van der Waals surface area (Å²) in [5.41, 5.74) is 1.12. The van der Waals surface area contributed by atoms with E-state index in [4.69, 9.17) is 4.74 Å². The Morgan fingerprint density at radius 3 is 2.83 bits per heavy atom. The summed E-state index contributed by atoms with van der Waals surface area (Å²) in [5, 5.41) is 3.60. The third-order valence-corrected chi connectivity index (χ3v) is 4.17. The molecule has 0 aromatic heterocycles. The monoisotopic (exact) mass is 312 g/mol. The van der Waals surface area contributed by atoms with Crippen LogP contribution >= 0.6 is 15.9 Å². The number of ether oxygens (including phenoxy) is 1. The van der Waals surface area contributed by atoms with Gasteiger partial charge in [0.2, 0.25) is 0 Å². The largest absolute Gasteiger partial charge is 0.497 e. The summed E-state index contributed by atoms with van der Waals surface area (Å²) >= 11 is 3.58. The average Bonchev–Trinajstić information content (AvgIpc) is 2.81. The van der Waals surface area contributed by atoms with Gasteiger partial charge < -0.3 is 10.1 Å². The first kappa shape index (κ1) is 13.7. The van der Waals surface area contributed by atoms with E-state index in [0.717, 1.165) is 22.5 Å². The fraction of sp³-hybridized carbons (Fsp3) is 0.571. The minimum Gasteiger partial charge on any atom is -0.497 e. The minimum absolute atomic E-state index is 0.524. The highest BCUT2D eigenvalue weighted by molar-refractivity contribution is 9.10. The lowest BCUT2D eigenvalue weighted by Gasteiger charge is -2.21. The smallest absolute Gasteiger partial charge is 0.121 e. The van der Waals surface area contributed by atoms with Crippen LogP contribution < -0.4 is 10.1 Å². The number of nitrogens with one attached hydrogen (secondary N) is 1. The number of nitrogens with zero attached hydrogens (tertiary/aromatic N) is 1. The molecular weight excluding hydrogens is 292 g/mol. The van der Waals surface area contributed by atoms with E-state index < -0.39 is 0 Å². The molecule has 1 saturated heterocycles. The van der Waals surface area contributed by atoms with Crippen molar-refractivity contribution in [1.82, 2.24) is 4.90 Å². The lowest BCUT2D eigenvalue weighted by Crippen LogP contribution is -2.31. The Labute approximate surface area is 118 Å². The van der Waals surface area contributed by atoms with Crippen LogP contribution in [0.15, 0.2) is 22.7 Å². The van der Waals surface area contributed by atoms with E-state index >= 15 is 0 Å². The van der Waals surface area contributed by atoms with Gasteiger partial charge >= 0.3 is 0 Å². The van der Waals surface area contributed by atoms with Crippen LogP contribution in [0.4, 0.5) is 5.69 Å². The summed E-state index contributed by atoms with van der Waals surface area (Å²) < 4.78 is 6.35. The van der Waals surface area contributed by atoms with Crippen LogP contribution in [-0.4, -0.2) is 37.2 Å². The van der Waals surface area contributed by atoms with Crippen LogP contribution in [0.3, 0.4) is 0 Å². The zero-order chi connectivity index (χ0) is 13.1. The number of methoxy groups -OCH3 is 1. The maximum Gasteiger partial charge on any atom is 0.121 e. The number of rotatable bonds is 4. The number of likely N-dealkylation sites (tertiary alicyclic amines) is 1. The van der Waals surface area contributed by atoms with Crippen molar-refractivity contribution in [2.45, 2.75) is 32.4 Å². The van der Waals surface area contributed by atoms with Gasteiger partial charge in [0.15, 0.2) is 0 Å². The van der Waals surface area contributed by atoms with Crippen molar-refractivity contribution < 1.29 is 4.74 Å². The van der Waals surface area contributed by atoms with E-state index in [9.17, 15) is 0 Å². The lowest BCUT2D eigenvalue weighted by molar-refractivity contribution is 0.274. The first-order chi connectivity index (χ1) is 8.60. The van der Waals surface area contributed by atoms with E-state index in [-0.39, 0.29) is 0 Å². The van der Waals surface area contributed by atoms with E-state index in [0.29, 0.717) is 12.1 Å². The second-order valence-corrected chi connectivity index (χ2v) is 5.92. The maximum absolute atomic E-state index is 5.26. The van der Waals surface area contributed by atoms with Crippen molar-refractivity contribution in [1.29, 1.82) is 0 Å². The van der Waals surface area contributed by atoms with Gasteiger partial charge in [0.1, 0.15) is 5.75 Å². The molecule has 0 aliphatic carbocycles. The molecule has 4 heteroatoms. The van der Waals surface area contributed by atoms with Gasteiger partial charge in [-0.05, 0) is 48.3 Å². The Hall–Kier alpha value is -0.740. The number of hydrogen-bond donors (Lipinski definition) is 1. The number of anilines is 1. The Balaban J connectivity index is 2.02. The van der Waals surface area contributed by atoms with Gasteiger partial charge in [-0.25, -0.2) is 0 Å². The molecular formula is C14H21BrN2O. The highest BCUT2D eigenvalue weighted by atomic mass is 79.9.